The standard InChI is InChI=1S/C14H12ClN3O/c1-19-12-4-2-3-10(5-12)9-17-14-7-11(8-16)6-13(15)18-14/h2-7H,9H2,1H3,(H,17,18). The molecular weight excluding hydrogens is 262 g/mol. The molecule has 1 heterocycles. The van der Waals surface area contributed by atoms with Gasteiger partial charge in [-0.1, -0.05) is 23.7 Å². The van der Waals surface area contributed by atoms with E-state index in [2.05, 4.69) is 10.3 Å². The van der Waals surface area contributed by atoms with Crippen LogP contribution in [0.2, 0.25) is 5.15 Å². The van der Waals surface area contributed by atoms with E-state index >= 15 is 0 Å². The molecule has 0 aliphatic rings. The minimum Gasteiger partial charge on any atom is -0.497 e. The summed E-state index contributed by atoms with van der Waals surface area (Å²) in [7, 11) is 1.63. The Balaban J connectivity index is 2.10. The second kappa shape index (κ2) is 6.07. The number of aromatic nitrogens is 1. The van der Waals surface area contributed by atoms with Gasteiger partial charge < -0.3 is 10.1 Å². The molecule has 0 bridgehead atoms. The average Bonchev–Trinajstić information content (AvgIpc) is 2.44. The van der Waals surface area contributed by atoms with Crippen LogP contribution in [0.25, 0.3) is 0 Å². The third kappa shape index (κ3) is 3.60. The molecule has 0 radical (unpaired) electrons. The fourth-order valence-electron chi connectivity index (χ4n) is 1.63. The van der Waals surface area contributed by atoms with Gasteiger partial charge in [0.05, 0.1) is 18.7 Å². The zero-order valence-corrected chi connectivity index (χ0v) is 11.1. The maximum absolute atomic E-state index is 8.86. The Labute approximate surface area is 116 Å². The molecule has 96 valence electrons. The lowest BCUT2D eigenvalue weighted by atomic mass is 10.2. The molecule has 0 aliphatic heterocycles. The predicted molar refractivity (Wildman–Crippen MR) is 74.3 cm³/mol. The van der Waals surface area contributed by atoms with Crippen molar-refractivity contribution in [3.63, 3.8) is 0 Å². The lowest BCUT2D eigenvalue weighted by Crippen LogP contribution is -2.02. The number of anilines is 1. The van der Waals surface area contributed by atoms with Crippen molar-refractivity contribution in [2.24, 2.45) is 0 Å². The van der Waals surface area contributed by atoms with E-state index in [1.807, 2.05) is 30.3 Å². The molecule has 2 rings (SSSR count). The molecule has 4 nitrogen and oxygen atoms in total. The van der Waals surface area contributed by atoms with Gasteiger partial charge in [-0.2, -0.15) is 5.26 Å². The average molecular weight is 274 g/mol. The van der Waals surface area contributed by atoms with Crippen molar-refractivity contribution >= 4 is 17.4 Å². The fraction of sp³-hybridized carbons (Fsp3) is 0.143. The lowest BCUT2D eigenvalue weighted by molar-refractivity contribution is 0.414. The van der Waals surface area contributed by atoms with Crippen LogP contribution in [0.5, 0.6) is 5.75 Å². The van der Waals surface area contributed by atoms with Crippen molar-refractivity contribution in [2.75, 3.05) is 12.4 Å². The van der Waals surface area contributed by atoms with Crippen molar-refractivity contribution in [2.45, 2.75) is 6.54 Å². The second-order valence-corrected chi connectivity index (χ2v) is 4.27. The van der Waals surface area contributed by atoms with Crippen LogP contribution < -0.4 is 10.1 Å². The Morgan fingerprint density at radius 3 is 2.95 bits per heavy atom. The molecule has 19 heavy (non-hydrogen) atoms. The summed E-state index contributed by atoms with van der Waals surface area (Å²) in [5, 5.41) is 12.3. The highest BCUT2D eigenvalue weighted by Gasteiger charge is 2.01. The number of nitrogens with zero attached hydrogens (tertiary/aromatic N) is 2. The normalized spacial score (nSPS) is 9.74. The molecule has 1 aromatic heterocycles. The van der Waals surface area contributed by atoms with E-state index in [1.165, 1.54) is 6.07 Å². The van der Waals surface area contributed by atoms with Crippen LogP contribution in [0.4, 0.5) is 5.82 Å². The maximum atomic E-state index is 8.86. The highest BCUT2D eigenvalue weighted by atomic mass is 35.5. The number of halogens is 1. The van der Waals surface area contributed by atoms with E-state index in [-0.39, 0.29) is 0 Å². The summed E-state index contributed by atoms with van der Waals surface area (Å²) in [6, 6.07) is 12.9. The van der Waals surface area contributed by atoms with Gasteiger partial charge in [0.15, 0.2) is 0 Å². The minimum atomic E-state index is 0.298. The molecule has 1 N–H and O–H groups in total. The number of hydrogen-bond donors (Lipinski definition) is 1. The number of ether oxygens (including phenoxy) is 1. The van der Waals surface area contributed by atoms with Gasteiger partial charge in [-0.25, -0.2) is 4.98 Å². The summed E-state index contributed by atoms with van der Waals surface area (Å²) < 4.78 is 5.15. The summed E-state index contributed by atoms with van der Waals surface area (Å²) in [6.45, 7) is 0.579. The predicted octanol–water partition coefficient (Wildman–Crippen LogP) is 3.23. The van der Waals surface area contributed by atoms with Crippen molar-refractivity contribution in [1.82, 2.24) is 4.98 Å². The van der Waals surface area contributed by atoms with Crippen molar-refractivity contribution < 1.29 is 4.74 Å². The number of methoxy groups -OCH3 is 1. The molecule has 1 aromatic carbocycles. The maximum Gasteiger partial charge on any atom is 0.132 e. The van der Waals surface area contributed by atoms with Crippen LogP contribution in [0.15, 0.2) is 36.4 Å². The summed E-state index contributed by atoms with van der Waals surface area (Å²) in [6.07, 6.45) is 0. The number of benzene rings is 1. The fourth-order valence-corrected chi connectivity index (χ4v) is 1.84. The summed E-state index contributed by atoms with van der Waals surface area (Å²) >= 11 is 5.84. The van der Waals surface area contributed by atoms with Gasteiger partial charge in [0, 0.05) is 6.54 Å². The lowest BCUT2D eigenvalue weighted by Gasteiger charge is -2.07. The largest absolute Gasteiger partial charge is 0.497 e. The number of rotatable bonds is 4. The van der Waals surface area contributed by atoms with Gasteiger partial charge in [0.1, 0.15) is 16.7 Å². The number of pyridine rings is 1. The number of nitriles is 1. The summed E-state index contributed by atoms with van der Waals surface area (Å²) in [4.78, 5) is 4.11. The molecular formula is C14H12ClN3O. The quantitative estimate of drug-likeness (QED) is 0.869. The highest BCUT2D eigenvalue weighted by Crippen LogP contribution is 2.16. The Morgan fingerprint density at radius 2 is 2.21 bits per heavy atom. The van der Waals surface area contributed by atoms with E-state index in [4.69, 9.17) is 21.6 Å². The molecule has 0 atom stereocenters. The monoisotopic (exact) mass is 273 g/mol. The van der Waals surface area contributed by atoms with Gasteiger partial charge in [-0.05, 0) is 29.8 Å². The Kier molecular flexibility index (Phi) is 4.22. The van der Waals surface area contributed by atoms with Crippen LogP contribution in [0.1, 0.15) is 11.1 Å². The van der Waals surface area contributed by atoms with Crippen LogP contribution in [0.3, 0.4) is 0 Å². The Hall–Kier alpha value is -2.25. The minimum absolute atomic E-state index is 0.298. The van der Waals surface area contributed by atoms with E-state index in [9.17, 15) is 0 Å². The first-order valence-corrected chi connectivity index (χ1v) is 6.03. The molecule has 0 spiro atoms. The number of nitrogens with one attached hydrogen (secondary N) is 1. The molecule has 0 fully saturated rings. The van der Waals surface area contributed by atoms with Crippen molar-refractivity contribution in [1.29, 1.82) is 5.26 Å². The molecule has 0 unspecified atom stereocenters. The zero-order valence-electron chi connectivity index (χ0n) is 10.4. The van der Waals surface area contributed by atoms with Crippen LogP contribution in [-0.4, -0.2) is 12.1 Å². The van der Waals surface area contributed by atoms with Crippen molar-refractivity contribution in [3.8, 4) is 11.8 Å². The van der Waals surface area contributed by atoms with Gasteiger partial charge in [-0.15, -0.1) is 0 Å². The molecule has 5 heteroatoms. The summed E-state index contributed by atoms with van der Waals surface area (Å²) in [5.41, 5.74) is 1.53. The smallest absolute Gasteiger partial charge is 0.132 e. The molecule has 2 aromatic rings. The van der Waals surface area contributed by atoms with E-state index < -0.39 is 0 Å². The van der Waals surface area contributed by atoms with Crippen LogP contribution in [-0.2, 0) is 6.54 Å². The first-order valence-electron chi connectivity index (χ1n) is 5.66. The molecule has 0 amide bonds. The van der Waals surface area contributed by atoms with Crippen molar-refractivity contribution in [3.05, 3.63) is 52.7 Å². The highest BCUT2D eigenvalue weighted by molar-refractivity contribution is 6.29. The van der Waals surface area contributed by atoms with E-state index in [1.54, 1.807) is 13.2 Å². The van der Waals surface area contributed by atoms with Gasteiger partial charge in [-0.3, -0.25) is 0 Å². The SMILES string of the molecule is COc1cccc(CNc2cc(C#N)cc(Cl)n2)c1. The van der Waals surface area contributed by atoms with Gasteiger partial charge >= 0.3 is 0 Å². The Bertz CT molecular complexity index is 622. The van der Waals surface area contributed by atoms with E-state index in [0.29, 0.717) is 23.1 Å². The molecule has 0 saturated carbocycles. The van der Waals surface area contributed by atoms with Crippen LogP contribution in [0, 0.1) is 11.3 Å². The number of hydrogen-bond acceptors (Lipinski definition) is 4. The first-order chi connectivity index (χ1) is 9.21. The second-order valence-electron chi connectivity index (χ2n) is 3.88. The van der Waals surface area contributed by atoms with Gasteiger partial charge in [0.25, 0.3) is 0 Å². The van der Waals surface area contributed by atoms with E-state index in [0.717, 1.165) is 11.3 Å². The molecule has 0 saturated heterocycles. The molecule has 0 aliphatic carbocycles. The topological polar surface area (TPSA) is 57.9 Å². The zero-order chi connectivity index (χ0) is 13.7. The van der Waals surface area contributed by atoms with Crippen LogP contribution >= 0.6 is 11.6 Å². The third-order valence-electron chi connectivity index (χ3n) is 2.53. The summed E-state index contributed by atoms with van der Waals surface area (Å²) in [5.74, 6) is 1.38. The van der Waals surface area contributed by atoms with Gasteiger partial charge in [0.2, 0.25) is 0 Å². The third-order valence-corrected chi connectivity index (χ3v) is 2.72. The Morgan fingerprint density at radius 1 is 1.37 bits per heavy atom. The first kappa shape index (κ1) is 13.2.